The van der Waals surface area contributed by atoms with Crippen LogP contribution in [-0.2, 0) is 11.2 Å². The van der Waals surface area contributed by atoms with E-state index in [1.165, 1.54) is 25.1 Å². The van der Waals surface area contributed by atoms with Crippen molar-refractivity contribution in [3.8, 4) is 17.2 Å². The van der Waals surface area contributed by atoms with Crippen LogP contribution in [0.4, 0.5) is 5.69 Å². The Morgan fingerprint density at radius 2 is 1.78 bits per heavy atom. The molecule has 10 heteroatoms. The molecule has 0 unspecified atom stereocenters. The lowest BCUT2D eigenvalue weighted by atomic mass is 10.2. The first-order valence-electron chi connectivity index (χ1n) is 11.4. The first kappa shape index (κ1) is 25.9. The maximum Gasteiger partial charge on any atom is 0.282 e. The number of aromatic nitrogens is 2. The first-order valence-corrected chi connectivity index (χ1v) is 12.2. The molecule has 0 radical (unpaired) electrons. The lowest BCUT2D eigenvalue weighted by molar-refractivity contribution is -0.118. The molecular weight excluding hydrogens is 540 g/mol. The average molecular weight is 565 g/mol. The quantitative estimate of drug-likeness (QED) is 0.297. The molecule has 4 aromatic rings. The summed E-state index contributed by atoms with van der Waals surface area (Å²) in [6.07, 6.45) is 2.03. The van der Waals surface area contributed by atoms with Gasteiger partial charge in [-0.25, -0.2) is 4.98 Å². The number of amides is 1. The second kappa shape index (κ2) is 11.7. The van der Waals surface area contributed by atoms with Gasteiger partial charge in [0.1, 0.15) is 5.82 Å². The molecule has 4 rings (SSSR count). The van der Waals surface area contributed by atoms with Crippen LogP contribution in [-0.4, -0.2) is 42.6 Å². The maximum absolute atomic E-state index is 13.1. The van der Waals surface area contributed by atoms with Crippen molar-refractivity contribution in [1.29, 1.82) is 0 Å². The van der Waals surface area contributed by atoms with E-state index in [0.717, 1.165) is 4.47 Å². The van der Waals surface area contributed by atoms with Crippen LogP contribution in [0.1, 0.15) is 18.3 Å². The molecule has 1 amide bonds. The molecule has 3 aromatic carbocycles. The SMILES string of the molecule is CCc1nc2ccc(Br)cc2c(=O)n1N=Cc1cc(OC)c(OCC(=O)Nc2ccccc2)c(OC)c1. The van der Waals surface area contributed by atoms with Crippen LogP contribution < -0.4 is 25.1 Å². The fraction of sp³-hybridized carbons (Fsp3) is 0.185. The number of fused-ring (bicyclic) bond motifs is 1. The molecule has 190 valence electrons. The Morgan fingerprint density at radius 1 is 1.08 bits per heavy atom. The van der Waals surface area contributed by atoms with Crippen LogP contribution in [0.25, 0.3) is 10.9 Å². The van der Waals surface area contributed by atoms with Gasteiger partial charge in [-0.3, -0.25) is 9.59 Å². The number of hydrogen-bond donors (Lipinski definition) is 1. The van der Waals surface area contributed by atoms with Gasteiger partial charge >= 0.3 is 0 Å². The maximum atomic E-state index is 13.1. The van der Waals surface area contributed by atoms with Gasteiger partial charge in [-0.15, -0.1) is 0 Å². The van der Waals surface area contributed by atoms with E-state index in [0.29, 0.717) is 45.9 Å². The van der Waals surface area contributed by atoms with Crippen LogP contribution in [0.5, 0.6) is 17.2 Å². The summed E-state index contributed by atoms with van der Waals surface area (Å²) in [5.74, 6) is 1.16. The molecule has 37 heavy (non-hydrogen) atoms. The van der Waals surface area contributed by atoms with Crippen molar-refractivity contribution in [2.45, 2.75) is 13.3 Å². The number of carbonyl (C=O) groups is 1. The number of nitrogens with zero attached hydrogens (tertiary/aromatic N) is 3. The van der Waals surface area contributed by atoms with Crippen molar-refractivity contribution in [3.05, 3.63) is 86.9 Å². The molecule has 0 saturated heterocycles. The minimum absolute atomic E-state index is 0.247. The van der Waals surface area contributed by atoms with E-state index in [1.54, 1.807) is 36.4 Å². The number of hydrogen-bond acceptors (Lipinski definition) is 7. The zero-order valence-corrected chi connectivity index (χ0v) is 22.1. The molecule has 0 atom stereocenters. The zero-order valence-electron chi connectivity index (χ0n) is 20.5. The van der Waals surface area contributed by atoms with Gasteiger partial charge in [0.15, 0.2) is 18.1 Å². The molecule has 0 spiro atoms. The Kier molecular flexibility index (Phi) is 8.19. The molecule has 0 fully saturated rings. The molecule has 1 aromatic heterocycles. The summed E-state index contributed by atoms with van der Waals surface area (Å²) in [6, 6.07) is 17.8. The number of carbonyl (C=O) groups excluding carboxylic acids is 1. The number of para-hydroxylation sites is 1. The zero-order chi connectivity index (χ0) is 26.4. The van der Waals surface area contributed by atoms with Gasteiger partial charge in [-0.2, -0.15) is 9.78 Å². The van der Waals surface area contributed by atoms with Gasteiger partial charge in [0, 0.05) is 22.1 Å². The van der Waals surface area contributed by atoms with Crippen molar-refractivity contribution in [2.24, 2.45) is 5.10 Å². The number of ether oxygens (including phenoxy) is 3. The summed E-state index contributed by atoms with van der Waals surface area (Å²) in [5.41, 5.74) is 1.59. The highest BCUT2D eigenvalue weighted by Crippen LogP contribution is 2.38. The van der Waals surface area contributed by atoms with Crippen LogP contribution in [0, 0.1) is 0 Å². The average Bonchev–Trinajstić information content (AvgIpc) is 2.91. The monoisotopic (exact) mass is 564 g/mol. The van der Waals surface area contributed by atoms with Crippen LogP contribution in [0.2, 0.25) is 0 Å². The number of nitrogens with one attached hydrogen (secondary N) is 1. The summed E-state index contributed by atoms with van der Waals surface area (Å²) in [7, 11) is 2.97. The molecule has 1 N–H and O–H groups in total. The van der Waals surface area contributed by atoms with Gasteiger partial charge in [-0.05, 0) is 42.5 Å². The second-order valence-corrected chi connectivity index (χ2v) is 8.78. The predicted octanol–water partition coefficient (Wildman–Crippen LogP) is 4.64. The third-order valence-corrected chi connectivity index (χ3v) is 5.90. The third kappa shape index (κ3) is 5.97. The summed E-state index contributed by atoms with van der Waals surface area (Å²) in [4.78, 5) is 30.1. The molecule has 0 saturated carbocycles. The summed E-state index contributed by atoms with van der Waals surface area (Å²) in [6.45, 7) is 1.66. The van der Waals surface area contributed by atoms with Gasteiger partial charge in [0.2, 0.25) is 5.75 Å². The van der Waals surface area contributed by atoms with Gasteiger partial charge in [0.05, 0.1) is 31.3 Å². The molecule has 0 aliphatic rings. The number of methoxy groups -OCH3 is 2. The largest absolute Gasteiger partial charge is 0.493 e. The van der Waals surface area contributed by atoms with Crippen LogP contribution in [0.3, 0.4) is 0 Å². The highest BCUT2D eigenvalue weighted by atomic mass is 79.9. The van der Waals surface area contributed by atoms with E-state index in [-0.39, 0.29) is 23.8 Å². The molecule has 0 aliphatic heterocycles. The van der Waals surface area contributed by atoms with Crippen molar-refractivity contribution in [1.82, 2.24) is 9.66 Å². The Labute approximate surface area is 221 Å². The molecule has 0 bridgehead atoms. The summed E-state index contributed by atoms with van der Waals surface area (Å²) >= 11 is 3.40. The predicted molar refractivity (Wildman–Crippen MR) is 146 cm³/mol. The molecule has 1 heterocycles. The molecule has 9 nitrogen and oxygen atoms in total. The second-order valence-electron chi connectivity index (χ2n) is 7.86. The topological polar surface area (TPSA) is 104 Å². The fourth-order valence-corrected chi connectivity index (χ4v) is 4.00. The van der Waals surface area contributed by atoms with Gasteiger partial charge < -0.3 is 19.5 Å². The Bertz CT molecular complexity index is 1490. The fourth-order valence-electron chi connectivity index (χ4n) is 3.64. The normalized spacial score (nSPS) is 11.0. The number of halogens is 1. The Morgan fingerprint density at radius 3 is 2.43 bits per heavy atom. The van der Waals surface area contributed by atoms with E-state index in [4.69, 9.17) is 14.2 Å². The highest BCUT2D eigenvalue weighted by Gasteiger charge is 2.16. The minimum atomic E-state index is -0.331. The lowest BCUT2D eigenvalue weighted by Crippen LogP contribution is -2.22. The number of anilines is 1. The highest BCUT2D eigenvalue weighted by molar-refractivity contribution is 9.10. The van der Waals surface area contributed by atoms with Crippen molar-refractivity contribution in [3.63, 3.8) is 0 Å². The standard InChI is InChI=1S/C27H25BrN4O5/c1-4-24-31-21-11-10-18(28)14-20(21)27(34)32(24)29-15-17-12-22(35-2)26(23(13-17)36-3)37-16-25(33)30-19-8-6-5-7-9-19/h5-15H,4,16H2,1-3H3,(H,30,33). The molecule has 0 aliphatic carbocycles. The Balaban J connectivity index is 1.61. The van der Waals surface area contributed by atoms with Crippen LogP contribution in [0.15, 0.2) is 75.0 Å². The van der Waals surface area contributed by atoms with E-state index in [9.17, 15) is 9.59 Å². The van der Waals surface area contributed by atoms with Gasteiger partial charge in [0.25, 0.3) is 11.5 Å². The minimum Gasteiger partial charge on any atom is -0.493 e. The number of rotatable bonds is 9. The van der Waals surface area contributed by atoms with E-state index in [1.807, 2.05) is 31.2 Å². The summed E-state index contributed by atoms with van der Waals surface area (Å²) in [5, 5.41) is 7.63. The van der Waals surface area contributed by atoms with Crippen LogP contribution >= 0.6 is 15.9 Å². The molecular formula is C27H25BrN4O5. The Hall–Kier alpha value is -4.18. The van der Waals surface area contributed by atoms with Gasteiger partial charge in [-0.1, -0.05) is 41.1 Å². The van der Waals surface area contributed by atoms with Crippen molar-refractivity contribution >= 4 is 44.6 Å². The summed E-state index contributed by atoms with van der Waals surface area (Å²) < 4.78 is 18.8. The smallest absolute Gasteiger partial charge is 0.282 e. The first-order chi connectivity index (χ1) is 17.9. The number of benzene rings is 3. The van der Waals surface area contributed by atoms with Crippen molar-refractivity contribution < 1.29 is 19.0 Å². The van der Waals surface area contributed by atoms with Crippen molar-refractivity contribution in [2.75, 3.05) is 26.1 Å². The third-order valence-electron chi connectivity index (χ3n) is 5.40. The lowest BCUT2D eigenvalue weighted by Gasteiger charge is -2.15. The van der Waals surface area contributed by atoms with E-state index < -0.39 is 0 Å². The van der Waals surface area contributed by atoms with E-state index >= 15 is 0 Å². The van der Waals surface area contributed by atoms with E-state index in [2.05, 4.69) is 31.3 Å². The number of aryl methyl sites for hydroxylation is 1.